The highest BCUT2D eigenvalue weighted by atomic mass is 15.3. The molecule has 0 amide bonds. The predicted molar refractivity (Wildman–Crippen MR) is 61.5 cm³/mol. The second-order valence-electron chi connectivity index (χ2n) is 3.47. The standard InChI is InChI=1S/C11H9N5/c12-11-5-8(10-6-13-16-15-10)7-3-1-2-4-9(7)14-11/h1-6H,(H2,12,14)(H,13,15,16). The van der Waals surface area contributed by atoms with Crippen LogP contribution in [0.15, 0.2) is 36.5 Å². The summed E-state index contributed by atoms with van der Waals surface area (Å²) in [5, 5.41) is 11.5. The van der Waals surface area contributed by atoms with Gasteiger partial charge >= 0.3 is 0 Å². The average Bonchev–Trinajstić information content (AvgIpc) is 2.81. The van der Waals surface area contributed by atoms with Crippen molar-refractivity contribution in [3.63, 3.8) is 0 Å². The lowest BCUT2D eigenvalue weighted by Gasteiger charge is -2.04. The molecule has 0 saturated heterocycles. The van der Waals surface area contributed by atoms with Crippen LogP contribution in [-0.4, -0.2) is 20.4 Å². The lowest BCUT2D eigenvalue weighted by Crippen LogP contribution is -1.93. The molecule has 16 heavy (non-hydrogen) atoms. The van der Waals surface area contributed by atoms with Gasteiger partial charge in [-0.15, -0.1) is 0 Å². The first-order chi connectivity index (χ1) is 7.84. The highest BCUT2D eigenvalue weighted by Gasteiger charge is 2.07. The van der Waals surface area contributed by atoms with Gasteiger partial charge in [-0.25, -0.2) is 4.98 Å². The van der Waals surface area contributed by atoms with Crippen molar-refractivity contribution in [1.29, 1.82) is 0 Å². The zero-order valence-corrected chi connectivity index (χ0v) is 8.38. The van der Waals surface area contributed by atoms with E-state index in [1.807, 2.05) is 24.3 Å². The largest absolute Gasteiger partial charge is 0.384 e. The summed E-state index contributed by atoms with van der Waals surface area (Å²) in [6.45, 7) is 0. The van der Waals surface area contributed by atoms with E-state index in [-0.39, 0.29) is 0 Å². The molecule has 0 spiro atoms. The smallest absolute Gasteiger partial charge is 0.124 e. The molecule has 1 aromatic carbocycles. The van der Waals surface area contributed by atoms with E-state index in [1.165, 1.54) is 0 Å². The minimum atomic E-state index is 0.483. The molecule has 3 rings (SSSR count). The van der Waals surface area contributed by atoms with E-state index in [2.05, 4.69) is 20.4 Å². The van der Waals surface area contributed by atoms with E-state index in [0.717, 1.165) is 22.2 Å². The lowest BCUT2D eigenvalue weighted by atomic mass is 10.1. The molecule has 0 atom stereocenters. The van der Waals surface area contributed by atoms with Gasteiger partial charge < -0.3 is 5.73 Å². The van der Waals surface area contributed by atoms with Crippen LogP contribution in [0.5, 0.6) is 0 Å². The zero-order chi connectivity index (χ0) is 11.0. The van der Waals surface area contributed by atoms with Crippen LogP contribution >= 0.6 is 0 Å². The SMILES string of the molecule is Nc1cc(-c2cn[nH]n2)c2ccccc2n1. The number of hydrogen-bond acceptors (Lipinski definition) is 4. The summed E-state index contributed by atoms with van der Waals surface area (Å²) in [5.74, 6) is 0.483. The Bertz CT molecular complexity index is 630. The maximum Gasteiger partial charge on any atom is 0.124 e. The number of anilines is 1. The first-order valence-corrected chi connectivity index (χ1v) is 4.86. The highest BCUT2D eigenvalue weighted by Crippen LogP contribution is 2.27. The summed E-state index contributed by atoms with van der Waals surface area (Å²) in [6.07, 6.45) is 1.67. The number of nitrogens with two attached hydrogens (primary N) is 1. The molecule has 0 bridgehead atoms. The van der Waals surface area contributed by atoms with Crippen molar-refractivity contribution in [1.82, 2.24) is 20.4 Å². The third kappa shape index (κ3) is 1.30. The van der Waals surface area contributed by atoms with Gasteiger partial charge in [0.15, 0.2) is 0 Å². The minimum Gasteiger partial charge on any atom is -0.384 e. The highest BCUT2D eigenvalue weighted by molar-refractivity contribution is 5.94. The average molecular weight is 211 g/mol. The summed E-state index contributed by atoms with van der Waals surface area (Å²) in [5.41, 5.74) is 8.33. The fraction of sp³-hybridized carbons (Fsp3) is 0. The van der Waals surface area contributed by atoms with E-state index in [1.54, 1.807) is 12.3 Å². The van der Waals surface area contributed by atoms with Crippen LogP contribution in [0.2, 0.25) is 0 Å². The number of pyridine rings is 1. The normalized spacial score (nSPS) is 10.8. The monoisotopic (exact) mass is 211 g/mol. The number of nitrogens with one attached hydrogen (secondary N) is 1. The lowest BCUT2D eigenvalue weighted by molar-refractivity contribution is 0.942. The summed E-state index contributed by atoms with van der Waals surface area (Å²) in [7, 11) is 0. The van der Waals surface area contributed by atoms with Crippen LogP contribution in [-0.2, 0) is 0 Å². The number of H-pyrrole nitrogens is 1. The summed E-state index contributed by atoms with van der Waals surface area (Å²) < 4.78 is 0. The first-order valence-electron chi connectivity index (χ1n) is 4.86. The molecule has 0 fully saturated rings. The number of rotatable bonds is 1. The topological polar surface area (TPSA) is 80.5 Å². The number of fused-ring (bicyclic) bond motifs is 1. The maximum atomic E-state index is 5.76. The van der Waals surface area contributed by atoms with Crippen LogP contribution in [0.3, 0.4) is 0 Å². The fourth-order valence-electron chi connectivity index (χ4n) is 1.74. The van der Waals surface area contributed by atoms with Gasteiger partial charge in [-0.1, -0.05) is 18.2 Å². The molecule has 3 aromatic rings. The van der Waals surface area contributed by atoms with Crippen LogP contribution < -0.4 is 5.73 Å². The van der Waals surface area contributed by atoms with Crippen molar-refractivity contribution in [3.8, 4) is 11.3 Å². The molecule has 0 aliphatic rings. The Labute approximate surface area is 91.3 Å². The second kappa shape index (κ2) is 3.30. The summed E-state index contributed by atoms with van der Waals surface area (Å²) >= 11 is 0. The number of nitrogen functional groups attached to an aromatic ring is 1. The number of hydrogen-bond donors (Lipinski definition) is 2. The zero-order valence-electron chi connectivity index (χ0n) is 8.38. The Hall–Kier alpha value is -2.43. The van der Waals surface area contributed by atoms with Gasteiger partial charge in [0.25, 0.3) is 0 Å². The molecule has 5 heteroatoms. The molecular formula is C11H9N5. The molecule has 0 radical (unpaired) electrons. The first kappa shape index (κ1) is 8.84. The molecule has 3 N–H and O–H groups in total. The van der Waals surface area contributed by atoms with E-state index in [0.29, 0.717) is 5.82 Å². The van der Waals surface area contributed by atoms with Crippen molar-refractivity contribution in [2.45, 2.75) is 0 Å². The van der Waals surface area contributed by atoms with E-state index >= 15 is 0 Å². The number of benzene rings is 1. The van der Waals surface area contributed by atoms with Crippen molar-refractivity contribution in [2.75, 3.05) is 5.73 Å². The van der Waals surface area contributed by atoms with Crippen molar-refractivity contribution in [3.05, 3.63) is 36.5 Å². The van der Waals surface area contributed by atoms with Gasteiger partial charge in [-0.2, -0.15) is 15.4 Å². The van der Waals surface area contributed by atoms with Crippen LogP contribution in [0, 0.1) is 0 Å². The summed E-state index contributed by atoms with van der Waals surface area (Å²) in [4.78, 5) is 4.27. The van der Waals surface area contributed by atoms with Crippen molar-refractivity contribution in [2.24, 2.45) is 0 Å². The number of aromatic nitrogens is 4. The fourth-order valence-corrected chi connectivity index (χ4v) is 1.74. The number of para-hydroxylation sites is 1. The van der Waals surface area contributed by atoms with Gasteiger partial charge in [-0.05, 0) is 12.1 Å². The van der Waals surface area contributed by atoms with Gasteiger partial charge in [0.2, 0.25) is 0 Å². The second-order valence-corrected chi connectivity index (χ2v) is 3.47. The Morgan fingerprint density at radius 1 is 1.19 bits per heavy atom. The summed E-state index contributed by atoms with van der Waals surface area (Å²) in [6, 6.07) is 9.62. The van der Waals surface area contributed by atoms with Gasteiger partial charge in [-0.3, -0.25) is 0 Å². The molecular weight excluding hydrogens is 202 g/mol. The van der Waals surface area contributed by atoms with Crippen molar-refractivity contribution < 1.29 is 0 Å². The molecule has 0 saturated carbocycles. The molecule has 0 unspecified atom stereocenters. The van der Waals surface area contributed by atoms with Gasteiger partial charge in [0.1, 0.15) is 11.5 Å². The Kier molecular flexibility index (Phi) is 1.83. The Morgan fingerprint density at radius 3 is 2.88 bits per heavy atom. The minimum absolute atomic E-state index is 0.483. The Morgan fingerprint density at radius 2 is 2.06 bits per heavy atom. The van der Waals surface area contributed by atoms with E-state index < -0.39 is 0 Å². The quantitative estimate of drug-likeness (QED) is 0.640. The van der Waals surface area contributed by atoms with Crippen LogP contribution in [0.4, 0.5) is 5.82 Å². The third-order valence-corrected chi connectivity index (χ3v) is 2.43. The molecule has 0 aliphatic heterocycles. The number of aromatic amines is 1. The van der Waals surface area contributed by atoms with Crippen LogP contribution in [0.1, 0.15) is 0 Å². The molecule has 5 nitrogen and oxygen atoms in total. The number of nitrogens with zero attached hydrogens (tertiary/aromatic N) is 3. The molecule has 0 aliphatic carbocycles. The van der Waals surface area contributed by atoms with Gasteiger partial charge in [0.05, 0.1) is 11.7 Å². The van der Waals surface area contributed by atoms with Gasteiger partial charge in [0, 0.05) is 10.9 Å². The van der Waals surface area contributed by atoms with E-state index in [4.69, 9.17) is 5.73 Å². The Balaban J connectivity index is 2.39. The maximum absolute atomic E-state index is 5.76. The van der Waals surface area contributed by atoms with Crippen LogP contribution in [0.25, 0.3) is 22.2 Å². The molecule has 78 valence electrons. The molecule has 2 heterocycles. The molecule has 2 aromatic heterocycles. The van der Waals surface area contributed by atoms with Crippen molar-refractivity contribution >= 4 is 16.7 Å². The van der Waals surface area contributed by atoms with E-state index in [9.17, 15) is 0 Å². The predicted octanol–water partition coefficient (Wildman–Crippen LogP) is 1.60. The third-order valence-electron chi connectivity index (χ3n) is 2.43.